The minimum Gasteiger partial charge on any atom is -0.398 e. The first-order valence-electron chi connectivity index (χ1n) is 6.96. The third kappa shape index (κ3) is 4.09. The first kappa shape index (κ1) is 14.6. The molecule has 1 aromatic heterocycles. The zero-order chi connectivity index (χ0) is 14.5. The second-order valence-electron chi connectivity index (χ2n) is 5.50. The zero-order valence-corrected chi connectivity index (χ0v) is 11.8. The monoisotopic (exact) mass is 278 g/mol. The maximum Gasteiger partial charge on any atom is 0.251 e. The summed E-state index contributed by atoms with van der Waals surface area (Å²) in [7, 11) is 2.10. The number of nitrogen functional groups attached to an aromatic ring is 1. The Balaban J connectivity index is 1.83. The minimum absolute atomic E-state index is 0.0203. The standard InChI is InChI=1S/C14H22N4O2/c1-17-6-2-3-11(8-17)7-16-13(19)10-18-9-12(15)4-5-14(18)20/h4-5,9,11H,2-3,6-8,10,15H2,1H3,(H,16,19). The van der Waals surface area contributed by atoms with E-state index in [9.17, 15) is 9.59 Å². The van der Waals surface area contributed by atoms with E-state index in [2.05, 4.69) is 17.3 Å². The lowest BCUT2D eigenvalue weighted by Gasteiger charge is -2.29. The smallest absolute Gasteiger partial charge is 0.251 e. The number of amides is 1. The van der Waals surface area contributed by atoms with Gasteiger partial charge in [-0.05, 0) is 38.4 Å². The van der Waals surface area contributed by atoms with Crippen LogP contribution in [0.15, 0.2) is 23.1 Å². The number of hydrogen-bond acceptors (Lipinski definition) is 4. The van der Waals surface area contributed by atoms with Crippen LogP contribution in [0.3, 0.4) is 0 Å². The zero-order valence-electron chi connectivity index (χ0n) is 11.8. The highest BCUT2D eigenvalue weighted by Crippen LogP contribution is 2.13. The van der Waals surface area contributed by atoms with Crippen LogP contribution in [0.25, 0.3) is 0 Å². The van der Waals surface area contributed by atoms with E-state index in [4.69, 9.17) is 5.73 Å². The molecule has 6 heteroatoms. The molecule has 0 bridgehead atoms. The van der Waals surface area contributed by atoms with Crippen molar-refractivity contribution in [1.82, 2.24) is 14.8 Å². The van der Waals surface area contributed by atoms with Gasteiger partial charge >= 0.3 is 0 Å². The van der Waals surface area contributed by atoms with E-state index >= 15 is 0 Å². The molecule has 1 aliphatic rings. The molecule has 1 aliphatic heterocycles. The van der Waals surface area contributed by atoms with E-state index in [0.717, 1.165) is 19.5 Å². The highest BCUT2D eigenvalue weighted by molar-refractivity contribution is 5.75. The van der Waals surface area contributed by atoms with Crippen molar-refractivity contribution in [3.05, 3.63) is 28.7 Å². The first-order valence-corrected chi connectivity index (χ1v) is 6.96. The number of aromatic nitrogens is 1. The van der Waals surface area contributed by atoms with E-state index in [-0.39, 0.29) is 18.0 Å². The Morgan fingerprint density at radius 3 is 3.05 bits per heavy atom. The van der Waals surface area contributed by atoms with Crippen LogP contribution in [0.5, 0.6) is 0 Å². The molecule has 1 amide bonds. The van der Waals surface area contributed by atoms with Gasteiger partial charge in [0.15, 0.2) is 0 Å². The highest BCUT2D eigenvalue weighted by Gasteiger charge is 2.17. The van der Waals surface area contributed by atoms with Crippen molar-refractivity contribution < 1.29 is 4.79 Å². The summed E-state index contributed by atoms with van der Waals surface area (Å²) in [5.74, 6) is 0.348. The van der Waals surface area contributed by atoms with Gasteiger partial charge in [-0.2, -0.15) is 0 Å². The van der Waals surface area contributed by atoms with Crippen LogP contribution < -0.4 is 16.6 Å². The number of hydrogen-bond donors (Lipinski definition) is 2. The van der Waals surface area contributed by atoms with Crippen LogP contribution in [-0.2, 0) is 11.3 Å². The van der Waals surface area contributed by atoms with Gasteiger partial charge in [-0.15, -0.1) is 0 Å². The number of pyridine rings is 1. The van der Waals surface area contributed by atoms with Gasteiger partial charge in [-0.1, -0.05) is 0 Å². The van der Waals surface area contributed by atoms with Crippen molar-refractivity contribution in [3.8, 4) is 0 Å². The topological polar surface area (TPSA) is 80.4 Å². The summed E-state index contributed by atoms with van der Waals surface area (Å²) >= 11 is 0. The number of likely N-dealkylation sites (tertiary alicyclic amines) is 1. The highest BCUT2D eigenvalue weighted by atomic mass is 16.2. The number of piperidine rings is 1. The number of nitrogens with zero attached hydrogens (tertiary/aromatic N) is 2. The minimum atomic E-state index is -0.216. The molecule has 1 fully saturated rings. The van der Waals surface area contributed by atoms with Gasteiger partial charge in [-0.25, -0.2) is 0 Å². The first-order chi connectivity index (χ1) is 9.54. The normalized spacial score (nSPS) is 19.8. The van der Waals surface area contributed by atoms with Crippen molar-refractivity contribution in [2.75, 3.05) is 32.4 Å². The van der Waals surface area contributed by atoms with Crippen LogP contribution >= 0.6 is 0 Å². The molecule has 0 aromatic carbocycles. The maximum atomic E-state index is 11.9. The van der Waals surface area contributed by atoms with Crippen LogP contribution in [0, 0.1) is 5.92 Å². The van der Waals surface area contributed by atoms with Crippen molar-refractivity contribution >= 4 is 11.6 Å². The lowest BCUT2D eigenvalue weighted by molar-refractivity contribution is -0.122. The van der Waals surface area contributed by atoms with Crippen molar-refractivity contribution in [1.29, 1.82) is 0 Å². The number of anilines is 1. The van der Waals surface area contributed by atoms with Crippen molar-refractivity contribution in [2.24, 2.45) is 5.92 Å². The Morgan fingerprint density at radius 1 is 1.50 bits per heavy atom. The third-order valence-electron chi connectivity index (χ3n) is 3.63. The molecule has 1 atom stereocenters. The Morgan fingerprint density at radius 2 is 2.30 bits per heavy atom. The predicted molar refractivity (Wildman–Crippen MR) is 78.3 cm³/mol. The maximum absolute atomic E-state index is 11.9. The molecule has 110 valence electrons. The molecule has 0 spiro atoms. The van der Waals surface area contributed by atoms with Crippen LogP contribution in [0.2, 0.25) is 0 Å². The average Bonchev–Trinajstić information content (AvgIpc) is 2.41. The Hall–Kier alpha value is -1.82. The average molecular weight is 278 g/mol. The van der Waals surface area contributed by atoms with Gasteiger partial charge in [-0.3, -0.25) is 9.59 Å². The number of nitrogens with two attached hydrogens (primary N) is 1. The van der Waals surface area contributed by atoms with Crippen LogP contribution in [-0.4, -0.2) is 42.1 Å². The van der Waals surface area contributed by atoms with Gasteiger partial charge < -0.3 is 20.5 Å². The molecular weight excluding hydrogens is 256 g/mol. The van der Waals surface area contributed by atoms with E-state index in [1.807, 2.05) is 0 Å². The fourth-order valence-electron chi connectivity index (χ4n) is 2.58. The summed E-state index contributed by atoms with van der Waals surface area (Å²) in [6.07, 6.45) is 3.81. The fraction of sp³-hybridized carbons (Fsp3) is 0.571. The van der Waals surface area contributed by atoms with E-state index in [1.165, 1.54) is 29.3 Å². The molecular formula is C14H22N4O2. The van der Waals surface area contributed by atoms with E-state index in [1.54, 1.807) is 0 Å². The summed E-state index contributed by atoms with van der Waals surface area (Å²) in [6, 6.07) is 2.91. The molecule has 20 heavy (non-hydrogen) atoms. The summed E-state index contributed by atoms with van der Waals surface area (Å²) in [6.45, 7) is 2.83. The van der Waals surface area contributed by atoms with Crippen LogP contribution in [0.4, 0.5) is 5.69 Å². The van der Waals surface area contributed by atoms with Crippen molar-refractivity contribution in [2.45, 2.75) is 19.4 Å². The second-order valence-corrected chi connectivity index (χ2v) is 5.50. The van der Waals surface area contributed by atoms with Gasteiger partial charge in [0.1, 0.15) is 6.54 Å². The number of carbonyl (C=O) groups is 1. The lowest BCUT2D eigenvalue weighted by Crippen LogP contribution is -2.40. The molecule has 0 aliphatic carbocycles. The molecule has 2 heterocycles. The molecule has 3 N–H and O–H groups in total. The number of nitrogens with one attached hydrogen (secondary N) is 1. The SMILES string of the molecule is CN1CCCC(CNC(=O)Cn2cc(N)ccc2=O)C1. The quantitative estimate of drug-likeness (QED) is 0.805. The molecule has 2 rings (SSSR count). The summed E-state index contributed by atoms with van der Waals surface area (Å²) in [5.41, 5.74) is 5.87. The number of carbonyl (C=O) groups excluding carboxylic acids is 1. The van der Waals surface area contributed by atoms with E-state index < -0.39 is 0 Å². The van der Waals surface area contributed by atoms with Crippen molar-refractivity contribution in [3.63, 3.8) is 0 Å². The molecule has 1 saturated heterocycles. The largest absolute Gasteiger partial charge is 0.398 e. The molecule has 0 saturated carbocycles. The molecule has 1 aromatic rings. The molecule has 1 unspecified atom stereocenters. The Bertz CT molecular complexity index is 526. The summed E-state index contributed by atoms with van der Waals surface area (Å²) in [4.78, 5) is 25.7. The van der Waals surface area contributed by atoms with Gasteiger partial charge in [0.25, 0.3) is 5.56 Å². The molecule has 0 radical (unpaired) electrons. The van der Waals surface area contributed by atoms with E-state index in [0.29, 0.717) is 18.2 Å². The fourth-order valence-corrected chi connectivity index (χ4v) is 2.58. The lowest BCUT2D eigenvalue weighted by atomic mass is 9.98. The van der Waals surface area contributed by atoms with Crippen LogP contribution in [0.1, 0.15) is 12.8 Å². The van der Waals surface area contributed by atoms with Gasteiger partial charge in [0.05, 0.1) is 0 Å². The predicted octanol–water partition coefficient (Wildman–Crippen LogP) is -0.111. The van der Waals surface area contributed by atoms with Gasteiger partial charge in [0.2, 0.25) is 5.91 Å². The second kappa shape index (κ2) is 6.56. The Kier molecular flexibility index (Phi) is 4.79. The number of rotatable bonds is 4. The summed E-state index contributed by atoms with van der Waals surface area (Å²) < 4.78 is 1.33. The molecule has 6 nitrogen and oxygen atoms in total. The summed E-state index contributed by atoms with van der Waals surface area (Å²) in [5, 5.41) is 2.90. The third-order valence-corrected chi connectivity index (χ3v) is 3.63. The Labute approximate surface area is 118 Å². The van der Waals surface area contributed by atoms with Gasteiger partial charge in [0, 0.05) is 31.0 Å².